The second-order valence-corrected chi connectivity index (χ2v) is 4.22. The van der Waals surface area contributed by atoms with Crippen molar-refractivity contribution in [1.82, 2.24) is 5.32 Å². The van der Waals surface area contributed by atoms with E-state index in [9.17, 15) is 4.79 Å². The van der Waals surface area contributed by atoms with Gasteiger partial charge < -0.3 is 19.5 Å². The van der Waals surface area contributed by atoms with Gasteiger partial charge in [-0.05, 0) is 18.4 Å². The molecule has 1 aromatic rings. The molecule has 0 unspecified atom stereocenters. The highest BCUT2D eigenvalue weighted by molar-refractivity contribution is 7.98. The zero-order chi connectivity index (χ0) is 13.5. The molecule has 100 valence electrons. The Kier molecular flexibility index (Phi) is 5.64. The fourth-order valence-corrected chi connectivity index (χ4v) is 1.73. The largest absolute Gasteiger partial charge is 0.493 e. The van der Waals surface area contributed by atoms with Crippen molar-refractivity contribution in [3.63, 3.8) is 0 Å². The number of benzene rings is 1. The third kappa shape index (κ3) is 3.22. The molecule has 6 heteroatoms. The first kappa shape index (κ1) is 14.5. The Morgan fingerprint density at radius 2 is 1.72 bits per heavy atom. The summed E-state index contributed by atoms with van der Waals surface area (Å²) in [5.41, 5.74) is 0.471. The Labute approximate surface area is 111 Å². The summed E-state index contributed by atoms with van der Waals surface area (Å²) in [4.78, 5) is 11.9. The minimum Gasteiger partial charge on any atom is -0.493 e. The number of amides is 1. The van der Waals surface area contributed by atoms with E-state index in [1.807, 2.05) is 6.26 Å². The van der Waals surface area contributed by atoms with E-state index in [0.717, 1.165) is 0 Å². The third-order valence-corrected chi connectivity index (χ3v) is 2.74. The van der Waals surface area contributed by atoms with Gasteiger partial charge in [0.05, 0.1) is 27.2 Å². The monoisotopic (exact) mass is 271 g/mol. The summed E-state index contributed by atoms with van der Waals surface area (Å²) in [7, 11) is 4.55. The molecule has 1 N–H and O–H groups in total. The standard InChI is InChI=1S/C12H17NO4S/c1-15-9-5-8(12(14)13-7-18-4)6-10(16-2)11(9)17-3/h5-6H,7H2,1-4H3,(H,13,14). The van der Waals surface area contributed by atoms with Gasteiger partial charge in [0.1, 0.15) is 0 Å². The molecule has 0 radical (unpaired) electrons. The number of nitrogens with one attached hydrogen (secondary N) is 1. The number of hydrogen-bond acceptors (Lipinski definition) is 5. The predicted molar refractivity (Wildman–Crippen MR) is 71.9 cm³/mol. The number of methoxy groups -OCH3 is 3. The third-order valence-electron chi connectivity index (χ3n) is 2.30. The van der Waals surface area contributed by atoms with Gasteiger partial charge in [-0.2, -0.15) is 0 Å². The van der Waals surface area contributed by atoms with Crippen LogP contribution < -0.4 is 19.5 Å². The molecule has 0 saturated heterocycles. The number of rotatable bonds is 6. The van der Waals surface area contributed by atoms with Gasteiger partial charge >= 0.3 is 0 Å². The lowest BCUT2D eigenvalue weighted by Crippen LogP contribution is -2.22. The fraction of sp³-hybridized carbons (Fsp3) is 0.417. The molecule has 0 aliphatic carbocycles. The topological polar surface area (TPSA) is 56.8 Å². The maximum Gasteiger partial charge on any atom is 0.252 e. The minimum absolute atomic E-state index is 0.177. The van der Waals surface area contributed by atoms with Gasteiger partial charge in [-0.3, -0.25) is 4.79 Å². The summed E-state index contributed by atoms with van der Waals surface area (Å²) in [6.07, 6.45) is 1.91. The molecule has 0 atom stereocenters. The van der Waals surface area contributed by atoms with Crippen LogP contribution in [0.15, 0.2) is 12.1 Å². The van der Waals surface area contributed by atoms with Crippen molar-refractivity contribution < 1.29 is 19.0 Å². The van der Waals surface area contributed by atoms with Crippen LogP contribution in [0.25, 0.3) is 0 Å². The maximum atomic E-state index is 11.9. The normalized spacial score (nSPS) is 9.78. The Morgan fingerprint density at radius 1 is 1.17 bits per heavy atom. The van der Waals surface area contributed by atoms with E-state index < -0.39 is 0 Å². The van der Waals surface area contributed by atoms with E-state index in [1.165, 1.54) is 33.1 Å². The first-order chi connectivity index (χ1) is 8.67. The molecule has 18 heavy (non-hydrogen) atoms. The van der Waals surface area contributed by atoms with Crippen LogP contribution in [0.1, 0.15) is 10.4 Å². The second-order valence-electron chi connectivity index (χ2n) is 3.35. The molecule has 0 spiro atoms. The molecule has 1 rings (SSSR count). The molecule has 5 nitrogen and oxygen atoms in total. The van der Waals surface area contributed by atoms with Crippen LogP contribution in [0.3, 0.4) is 0 Å². The molecule has 1 amide bonds. The second kappa shape index (κ2) is 7.00. The highest BCUT2D eigenvalue weighted by atomic mass is 32.2. The lowest BCUT2D eigenvalue weighted by atomic mass is 10.1. The summed E-state index contributed by atoms with van der Waals surface area (Å²) in [6.45, 7) is 0. The molecule has 0 aromatic heterocycles. The van der Waals surface area contributed by atoms with Crippen molar-refractivity contribution >= 4 is 17.7 Å². The highest BCUT2D eigenvalue weighted by Crippen LogP contribution is 2.38. The molecular formula is C12H17NO4S. The summed E-state index contributed by atoms with van der Waals surface area (Å²) in [5.74, 6) is 1.78. The lowest BCUT2D eigenvalue weighted by Gasteiger charge is -2.13. The number of carbonyl (C=O) groups is 1. The van der Waals surface area contributed by atoms with Crippen LogP contribution in [0, 0.1) is 0 Å². The average molecular weight is 271 g/mol. The first-order valence-electron chi connectivity index (χ1n) is 5.25. The molecule has 0 bridgehead atoms. The van der Waals surface area contributed by atoms with Gasteiger partial charge in [0, 0.05) is 5.56 Å². The minimum atomic E-state index is -0.177. The summed E-state index contributed by atoms with van der Waals surface area (Å²) < 4.78 is 15.6. The van der Waals surface area contributed by atoms with Gasteiger partial charge in [0.25, 0.3) is 5.91 Å². The number of hydrogen-bond donors (Lipinski definition) is 1. The zero-order valence-corrected chi connectivity index (χ0v) is 11.7. The molecule has 0 fully saturated rings. The van der Waals surface area contributed by atoms with Crippen molar-refractivity contribution in [2.24, 2.45) is 0 Å². The van der Waals surface area contributed by atoms with Crippen molar-refractivity contribution in [2.75, 3.05) is 33.5 Å². The number of carbonyl (C=O) groups excluding carboxylic acids is 1. The van der Waals surface area contributed by atoms with Gasteiger partial charge in [-0.25, -0.2) is 0 Å². The highest BCUT2D eigenvalue weighted by Gasteiger charge is 2.16. The maximum absolute atomic E-state index is 11.9. The zero-order valence-electron chi connectivity index (χ0n) is 10.9. The van der Waals surface area contributed by atoms with Crippen LogP contribution in [0.2, 0.25) is 0 Å². The summed E-state index contributed by atoms with van der Waals surface area (Å²) in [6, 6.07) is 3.24. The quantitative estimate of drug-likeness (QED) is 0.799. The molecular weight excluding hydrogens is 254 g/mol. The molecule has 1 aromatic carbocycles. The van der Waals surface area contributed by atoms with Crippen LogP contribution in [0.4, 0.5) is 0 Å². The Bertz CT molecular complexity index is 398. The average Bonchev–Trinajstić information content (AvgIpc) is 2.42. The van der Waals surface area contributed by atoms with E-state index in [-0.39, 0.29) is 5.91 Å². The molecule has 0 saturated carbocycles. The van der Waals surface area contributed by atoms with Crippen molar-refractivity contribution in [2.45, 2.75) is 0 Å². The lowest BCUT2D eigenvalue weighted by molar-refractivity contribution is 0.0960. The van der Waals surface area contributed by atoms with E-state index in [4.69, 9.17) is 14.2 Å². The van der Waals surface area contributed by atoms with E-state index in [0.29, 0.717) is 28.7 Å². The summed E-state index contributed by atoms with van der Waals surface area (Å²) in [5, 5.41) is 2.76. The van der Waals surface area contributed by atoms with E-state index in [2.05, 4.69) is 5.32 Å². The van der Waals surface area contributed by atoms with Gasteiger partial charge in [-0.15, -0.1) is 11.8 Å². The van der Waals surface area contributed by atoms with Crippen molar-refractivity contribution in [3.8, 4) is 17.2 Å². The van der Waals surface area contributed by atoms with E-state index in [1.54, 1.807) is 12.1 Å². The van der Waals surface area contributed by atoms with Crippen molar-refractivity contribution in [1.29, 1.82) is 0 Å². The Morgan fingerprint density at radius 3 is 2.11 bits per heavy atom. The van der Waals surface area contributed by atoms with Gasteiger partial charge in [0.15, 0.2) is 11.5 Å². The molecule has 0 heterocycles. The van der Waals surface area contributed by atoms with E-state index >= 15 is 0 Å². The van der Waals surface area contributed by atoms with Crippen LogP contribution in [-0.2, 0) is 0 Å². The Hall–Kier alpha value is -1.56. The van der Waals surface area contributed by atoms with Crippen molar-refractivity contribution in [3.05, 3.63) is 17.7 Å². The van der Waals surface area contributed by atoms with Crippen LogP contribution in [-0.4, -0.2) is 39.4 Å². The fourth-order valence-electron chi connectivity index (χ4n) is 1.45. The first-order valence-corrected chi connectivity index (χ1v) is 6.64. The number of ether oxygens (including phenoxy) is 3. The van der Waals surface area contributed by atoms with Crippen LogP contribution in [0.5, 0.6) is 17.2 Å². The summed E-state index contributed by atoms with van der Waals surface area (Å²) >= 11 is 1.53. The van der Waals surface area contributed by atoms with Gasteiger partial charge in [0.2, 0.25) is 5.75 Å². The van der Waals surface area contributed by atoms with Crippen LogP contribution >= 0.6 is 11.8 Å². The predicted octanol–water partition coefficient (Wildman–Crippen LogP) is 1.76. The SMILES string of the molecule is COc1cc(C(=O)NCSC)cc(OC)c1OC. The molecule has 0 aliphatic heterocycles. The smallest absolute Gasteiger partial charge is 0.252 e. The Balaban J connectivity index is 3.10. The van der Waals surface area contributed by atoms with Gasteiger partial charge in [-0.1, -0.05) is 0 Å². The molecule has 0 aliphatic rings. The number of thioether (sulfide) groups is 1.